The van der Waals surface area contributed by atoms with E-state index in [1.165, 1.54) is 25.3 Å². The summed E-state index contributed by atoms with van der Waals surface area (Å²) in [7, 11) is -2.81. The molecule has 0 spiro atoms. The molecule has 0 aliphatic heterocycles. The first kappa shape index (κ1) is 27.5. The van der Waals surface area contributed by atoms with Crippen LogP contribution in [0.1, 0.15) is 30.9 Å². The molecule has 38 heavy (non-hydrogen) atoms. The fourth-order valence-electron chi connectivity index (χ4n) is 4.24. The van der Waals surface area contributed by atoms with E-state index in [1.807, 2.05) is 0 Å². The molecule has 0 bridgehead atoms. The maximum Gasteiger partial charge on any atom is 0.316 e. The number of carbonyl (C=O) groups excluding carboxylic acids is 2. The Morgan fingerprint density at radius 3 is 2.26 bits per heavy atom. The van der Waals surface area contributed by atoms with Crippen molar-refractivity contribution in [1.82, 2.24) is 0 Å². The van der Waals surface area contributed by atoms with Crippen LogP contribution in [-0.4, -0.2) is 40.6 Å². The minimum atomic E-state index is -4.20. The second-order valence-electron chi connectivity index (χ2n) is 9.07. The molecule has 1 N–H and O–H groups in total. The van der Waals surface area contributed by atoms with Gasteiger partial charge in [-0.25, -0.2) is 8.42 Å². The summed E-state index contributed by atoms with van der Waals surface area (Å²) in [4.78, 5) is 25.4. The van der Waals surface area contributed by atoms with E-state index < -0.39 is 27.9 Å². The van der Waals surface area contributed by atoms with Crippen LogP contribution in [0, 0.1) is 6.92 Å². The van der Waals surface area contributed by atoms with Crippen molar-refractivity contribution in [1.29, 1.82) is 0 Å². The summed E-state index contributed by atoms with van der Waals surface area (Å²) in [6, 6.07) is 18.0. The van der Waals surface area contributed by atoms with Gasteiger partial charge in [0.2, 0.25) is 5.91 Å². The smallest absolute Gasteiger partial charge is 0.316 e. The number of halogens is 1. The normalized spacial score (nSPS) is 13.9. The van der Waals surface area contributed by atoms with Gasteiger partial charge in [-0.1, -0.05) is 29.8 Å². The fourth-order valence-corrected chi connectivity index (χ4v) is 6.03. The van der Waals surface area contributed by atoms with Crippen LogP contribution >= 0.6 is 11.6 Å². The van der Waals surface area contributed by atoms with Gasteiger partial charge in [-0.2, -0.15) is 0 Å². The van der Waals surface area contributed by atoms with E-state index in [0.717, 1.165) is 15.4 Å². The Kier molecular flexibility index (Phi) is 7.99. The molecule has 1 saturated carbocycles. The minimum absolute atomic E-state index is 0.0548. The SMILES string of the molecule is CCOC(=O)C1(c2ccc(NC(=O)CN(c3ccc(Cl)cc3)S(=O)(=O)c3cc(C)ccc3OC)cc2)CC1. The predicted octanol–water partition coefficient (Wildman–Crippen LogP) is 5.09. The first-order valence-corrected chi connectivity index (χ1v) is 13.9. The first-order chi connectivity index (χ1) is 18.1. The molecule has 0 aromatic heterocycles. The predicted molar refractivity (Wildman–Crippen MR) is 146 cm³/mol. The molecule has 0 heterocycles. The Balaban J connectivity index is 1.59. The van der Waals surface area contributed by atoms with Crippen LogP contribution in [0.5, 0.6) is 5.75 Å². The zero-order chi connectivity index (χ0) is 27.5. The third-order valence-electron chi connectivity index (χ3n) is 6.43. The molecular formula is C28H29ClN2O6S. The number of hydrogen-bond donors (Lipinski definition) is 1. The highest BCUT2D eigenvalue weighted by Gasteiger charge is 2.52. The van der Waals surface area contributed by atoms with E-state index in [-0.39, 0.29) is 22.3 Å². The summed E-state index contributed by atoms with van der Waals surface area (Å²) in [5.74, 6) is -0.622. The molecule has 200 valence electrons. The quantitative estimate of drug-likeness (QED) is 0.349. The summed E-state index contributed by atoms with van der Waals surface area (Å²) in [6.07, 6.45) is 1.43. The molecule has 0 saturated heterocycles. The van der Waals surface area contributed by atoms with Gasteiger partial charge in [0.05, 0.1) is 24.8 Å². The molecule has 0 atom stereocenters. The minimum Gasteiger partial charge on any atom is -0.495 e. The number of nitrogens with one attached hydrogen (secondary N) is 1. The standard InChI is InChI=1S/C28H29ClN2O6S/c1-4-37-27(33)28(15-16-28)20-6-10-22(11-7-20)30-26(32)18-31(23-12-8-21(29)9-13-23)38(34,35)25-17-19(2)5-14-24(25)36-3/h5-14,17H,4,15-16,18H2,1-3H3,(H,30,32). The molecule has 3 aromatic rings. The van der Waals surface area contributed by atoms with E-state index in [0.29, 0.717) is 30.2 Å². The van der Waals surface area contributed by atoms with E-state index in [4.69, 9.17) is 21.1 Å². The lowest BCUT2D eigenvalue weighted by atomic mass is 9.96. The van der Waals surface area contributed by atoms with Crippen molar-refractivity contribution in [3.8, 4) is 5.75 Å². The molecule has 0 unspecified atom stereocenters. The van der Waals surface area contributed by atoms with Crippen LogP contribution in [0.25, 0.3) is 0 Å². The fraction of sp³-hybridized carbons (Fsp3) is 0.286. The average molecular weight is 557 g/mol. The van der Waals surface area contributed by atoms with Crippen molar-refractivity contribution in [2.24, 2.45) is 0 Å². The van der Waals surface area contributed by atoms with Gasteiger partial charge in [-0.05, 0) is 86.3 Å². The van der Waals surface area contributed by atoms with Crippen molar-refractivity contribution in [2.75, 3.05) is 29.9 Å². The van der Waals surface area contributed by atoms with Crippen molar-refractivity contribution >= 4 is 44.9 Å². The number of aryl methyl sites for hydroxylation is 1. The Morgan fingerprint density at radius 1 is 1.03 bits per heavy atom. The number of sulfonamides is 1. The second-order valence-corrected chi connectivity index (χ2v) is 11.3. The summed E-state index contributed by atoms with van der Waals surface area (Å²) >= 11 is 6.02. The number of ether oxygens (including phenoxy) is 2. The number of carbonyl (C=O) groups is 2. The van der Waals surface area contributed by atoms with E-state index in [1.54, 1.807) is 62.4 Å². The van der Waals surface area contributed by atoms with Crippen LogP contribution in [0.15, 0.2) is 71.6 Å². The van der Waals surface area contributed by atoms with Crippen molar-refractivity contribution < 1.29 is 27.5 Å². The van der Waals surface area contributed by atoms with Gasteiger partial charge in [0.1, 0.15) is 17.2 Å². The van der Waals surface area contributed by atoms with Crippen LogP contribution in [0.2, 0.25) is 5.02 Å². The summed E-state index contributed by atoms with van der Waals surface area (Å²) in [6.45, 7) is 3.37. The Hall–Kier alpha value is -3.56. The van der Waals surface area contributed by atoms with Gasteiger partial charge >= 0.3 is 5.97 Å². The van der Waals surface area contributed by atoms with E-state index in [9.17, 15) is 18.0 Å². The second kappa shape index (κ2) is 11.0. The monoisotopic (exact) mass is 556 g/mol. The summed E-state index contributed by atoms with van der Waals surface area (Å²) in [5, 5.41) is 3.18. The van der Waals surface area contributed by atoms with E-state index in [2.05, 4.69) is 5.32 Å². The maximum absolute atomic E-state index is 13.8. The van der Waals surface area contributed by atoms with Crippen molar-refractivity contribution in [3.05, 3.63) is 82.9 Å². The Morgan fingerprint density at radius 2 is 1.68 bits per heavy atom. The molecule has 1 aliphatic carbocycles. The molecule has 1 amide bonds. The number of anilines is 2. The number of nitrogens with zero attached hydrogens (tertiary/aromatic N) is 1. The molecule has 0 radical (unpaired) electrons. The lowest BCUT2D eigenvalue weighted by molar-refractivity contribution is -0.146. The van der Waals surface area contributed by atoms with Crippen LogP contribution in [0.3, 0.4) is 0 Å². The number of hydrogen-bond acceptors (Lipinski definition) is 6. The Bertz CT molecular complexity index is 1440. The van der Waals surface area contributed by atoms with E-state index >= 15 is 0 Å². The highest BCUT2D eigenvalue weighted by molar-refractivity contribution is 7.93. The number of amides is 1. The topological polar surface area (TPSA) is 102 Å². The number of benzene rings is 3. The van der Waals surface area contributed by atoms with Gasteiger partial charge in [0.25, 0.3) is 10.0 Å². The highest BCUT2D eigenvalue weighted by atomic mass is 35.5. The summed E-state index contributed by atoms with van der Waals surface area (Å²) in [5.41, 5.74) is 1.67. The van der Waals surface area contributed by atoms with Gasteiger partial charge in [-0.3, -0.25) is 13.9 Å². The van der Waals surface area contributed by atoms with Crippen LogP contribution < -0.4 is 14.4 Å². The molecule has 10 heteroatoms. The van der Waals surface area contributed by atoms with Gasteiger partial charge < -0.3 is 14.8 Å². The number of rotatable bonds is 10. The van der Waals surface area contributed by atoms with Crippen molar-refractivity contribution in [3.63, 3.8) is 0 Å². The molecule has 1 fully saturated rings. The first-order valence-electron chi connectivity index (χ1n) is 12.1. The zero-order valence-electron chi connectivity index (χ0n) is 21.4. The van der Waals surface area contributed by atoms with Crippen LogP contribution in [0.4, 0.5) is 11.4 Å². The zero-order valence-corrected chi connectivity index (χ0v) is 22.9. The highest BCUT2D eigenvalue weighted by Crippen LogP contribution is 2.49. The Labute approximate surface area is 227 Å². The largest absolute Gasteiger partial charge is 0.495 e. The average Bonchev–Trinajstić information content (AvgIpc) is 3.71. The molecule has 1 aliphatic rings. The molecular weight excluding hydrogens is 528 g/mol. The van der Waals surface area contributed by atoms with Crippen LogP contribution in [-0.2, 0) is 29.8 Å². The third-order valence-corrected chi connectivity index (χ3v) is 8.47. The van der Waals surface area contributed by atoms with Gasteiger partial charge in [0, 0.05) is 10.7 Å². The molecule has 3 aromatic carbocycles. The lowest BCUT2D eigenvalue weighted by Crippen LogP contribution is -2.38. The summed E-state index contributed by atoms with van der Waals surface area (Å²) < 4.78 is 39.2. The van der Waals surface area contributed by atoms with Gasteiger partial charge in [-0.15, -0.1) is 0 Å². The van der Waals surface area contributed by atoms with Gasteiger partial charge in [0.15, 0.2) is 0 Å². The third kappa shape index (κ3) is 5.63. The molecule has 8 nitrogen and oxygen atoms in total. The number of esters is 1. The maximum atomic E-state index is 13.8. The van der Waals surface area contributed by atoms with Crippen molar-refractivity contribution in [2.45, 2.75) is 37.0 Å². The molecule has 4 rings (SSSR count). The number of methoxy groups -OCH3 is 1. The lowest BCUT2D eigenvalue weighted by Gasteiger charge is -2.25.